The van der Waals surface area contributed by atoms with Crippen LogP contribution in [0.25, 0.3) is 11.0 Å². The van der Waals surface area contributed by atoms with Gasteiger partial charge in [0.25, 0.3) is 0 Å². The van der Waals surface area contributed by atoms with Crippen LogP contribution in [-0.4, -0.2) is 9.55 Å². The minimum absolute atomic E-state index is 0.395. The van der Waals surface area contributed by atoms with Crippen LogP contribution in [0, 0.1) is 5.41 Å². The van der Waals surface area contributed by atoms with Crippen molar-refractivity contribution in [3.05, 3.63) is 23.2 Å². The molecular formula is C14H18ClN3. The molecule has 1 aliphatic carbocycles. The lowest BCUT2D eigenvalue weighted by Crippen LogP contribution is -2.11. The highest BCUT2D eigenvalue weighted by Gasteiger charge is 2.33. The first-order valence-corrected chi connectivity index (χ1v) is 6.77. The molecule has 1 saturated carbocycles. The summed E-state index contributed by atoms with van der Waals surface area (Å²) in [7, 11) is 0. The summed E-state index contributed by atoms with van der Waals surface area (Å²) >= 11 is 6.08. The predicted molar refractivity (Wildman–Crippen MR) is 75.8 cm³/mol. The van der Waals surface area contributed by atoms with Gasteiger partial charge in [0, 0.05) is 11.1 Å². The van der Waals surface area contributed by atoms with Crippen molar-refractivity contribution in [2.75, 3.05) is 5.73 Å². The number of hydrogen-bond acceptors (Lipinski definition) is 2. The minimum atomic E-state index is 0.395. The minimum Gasteiger partial charge on any atom is -0.369 e. The number of imidazole rings is 1. The van der Waals surface area contributed by atoms with Gasteiger partial charge in [-0.2, -0.15) is 0 Å². The zero-order chi connectivity index (χ0) is 12.9. The fourth-order valence-corrected chi connectivity index (χ4v) is 3.25. The molecule has 1 fully saturated rings. The molecule has 4 heteroatoms. The molecular weight excluding hydrogens is 246 g/mol. The maximum atomic E-state index is 6.08. The van der Waals surface area contributed by atoms with Crippen LogP contribution < -0.4 is 5.73 Å². The number of nitrogen functional groups attached to an aromatic ring is 1. The standard InChI is InChI=1S/C14H18ClN3/c1-14(2)6-5-10(8-14)18-12-7-9(15)3-4-11(12)17-13(18)16/h3-4,7,10H,5-6,8H2,1-2H3,(H2,16,17). The van der Waals surface area contributed by atoms with E-state index in [-0.39, 0.29) is 0 Å². The van der Waals surface area contributed by atoms with Gasteiger partial charge < -0.3 is 10.3 Å². The Morgan fingerprint density at radius 2 is 2.22 bits per heavy atom. The highest BCUT2D eigenvalue weighted by molar-refractivity contribution is 6.31. The Morgan fingerprint density at radius 1 is 1.44 bits per heavy atom. The van der Waals surface area contributed by atoms with E-state index in [1.807, 2.05) is 18.2 Å². The summed E-state index contributed by atoms with van der Waals surface area (Å²) in [6.45, 7) is 4.63. The van der Waals surface area contributed by atoms with Crippen LogP contribution in [0.3, 0.4) is 0 Å². The molecule has 0 amide bonds. The van der Waals surface area contributed by atoms with E-state index in [0.29, 0.717) is 17.4 Å². The third-order valence-electron chi connectivity index (χ3n) is 3.99. The fourth-order valence-electron chi connectivity index (χ4n) is 3.09. The van der Waals surface area contributed by atoms with Crippen molar-refractivity contribution in [3.63, 3.8) is 0 Å². The molecule has 3 nitrogen and oxygen atoms in total. The Bertz CT molecular complexity index is 600. The van der Waals surface area contributed by atoms with Crippen molar-refractivity contribution < 1.29 is 0 Å². The van der Waals surface area contributed by atoms with Gasteiger partial charge in [-0.15, -0.1) is 0 Å². The maximum Gasteiger partial charge on any atom is 0.201 e. The Hall–Kier alpha value is -1.22. The topological polar surface area (TPSA) is 43.8 Å². The monoisotopic (exact) mass is 263 g/mol. The molecule has 0 aliphatic heterocycles. The lowest BCUT2D eigenvalue weighted by molar-refractivity contribution is 0.361. The first-order chi connectivity index (χ1) is 8.46. The number of nitrogens with zero attached hydrogens (tertiary/aromatic N) is 2. The van der Waals surface area contributed by atoms with Gasteiger partial charge in [0.15, 0.2) is 0 Å². The number of nitrogens with two attached hydrogens (primary N) is 1. The zero-order valence-electron chi connectivity index (χ0n) is 10.8. The SMILES string of the molecule is CC1(C)CCC(n2c(N)nc3ccc(Cl)cc32)C1. The molecule has 0 bridgehead atoms. The van der Waals surface area contributed by atoms with Crippen molar-refractivity contribution in [2.24, 2.45) is 5.41 Å². The summed E-state index contributed by atoms with van der Waals surface area (Å²) in [5, 5.41) is 0.737. The van der Waals surface area contributed by atoms with E-state index in [4.69, 9.17) is 17.3 Å². The van der Waals surface area contributed by atoms with Gasteiger partial charge in [0.2, 0.25) is 5.95 Å². The Morgan fingerprint density at radius 3 is 2.89 bits per heavy atom. The Kier molecular flexibility index (Phi) is 2.56. The summed E-state index contributed by atoms with van der Waals surface area (Å²) in [6, 6.07) is 6.21. The van der Waals surface area contributed by atoms with E-state index in [9.17, 15) is 0 Å². The van der Waals surface area contributed by atoms with Crippen LogP contribution in [0.1, 0.15) is 39.2 Å². The van der Waals surface area contributed by atoms with E-state index in [2.05, 4.69) is 23.4 Å². The second-order valence-corrected chi connectivity index (χ2v) is 6.47. The van der Waals surface area contributed by atoms with Crippen LogP contribution in [0.2, 0.25) is 5.02 Å². The molecule has 18 heavy (non-hydrogen) atoms. The van der Waals surface area contributed by atoms with Crippen molar-refractivity contribution in [2.45, 2.75) is 39.2 Å². The Labute approximate surface area is 112 Å². The van der Waals surface area contributed by atoms with Gasteiger partial charge in [-0.3, -0.25) is 0 Å². The van der Waals surface area contributed by atoms with Gasteiger partial charge in [-0.05, 0) is 42.9 Å². The highest BCUT2D eigenvalue weighted by atomic mass is 35.5. The van der Waals surface area contributed by atoms with Crippen molar-refractivity contribution >= 4 is 28.6 Å². The fraction of sp³-hybridized carbons (Fsp3) is 0.500. The second kappa shape index (κ2) is 3.89. The number of fused-ring (bicyclic) bond motifs is 1. The zero-order valence-corrected chi connectivity index (χ0v) is 11.5. The quantitative estimate of drug-likeness (QED) is 0.844. The van der Waals surface area contributed by atoms with Crippen LogP contribution in [0.4, 0.5) is 5.95 Å². The van der Waals surface area contributed by atoms with Crippen LogP contribution in [0.5, 0.6) is 0 Å². The van der Waals surface area contributed by atoms with Crippen LogP contribution in [0.15, 0.2) is 18.2 Å². The largest absolute Gasteiger partial charge is 0.369 e. The van der Waals surface area contributed by atoms with Crippen LogP contribution in [-0.2, 0) is 0 Å². The van der Waals surface area contributed by atoms with Crippen LogP contribution >= 0.6 is 11.6 Å². The number of anilines is 1. The summed E-state index contributed by atoms with van der Waals surface area (Å²) in [6.07, 6.45) is 3.54. The number of halogens is 1. The molecule has 1 atom stereocenters. The van der Waals surface area contributed by atoms with Gasteiger partial charge in [-0.25, -0.2) is 4.98 Å². The predicted octanol–water partition coefficient (Wildman–Crippen LogP) is 4.02. The van der Waals surface area contributed by atoms with E-state index < -0.39 is 0 Å². The molecule has 1 aromatic carbocycles. The number of rotatable bonds is 1. The molecule has 1 unspecified atom stereocenters. The smallest absolute Gasteiger partial charge is 0.201 e. The Balaban J connectivity index is 2.11. The van der Waals surface area contributed by atoms with E-state index >= 15 is 0 Å². The van der Waals surface area contributed by atoms with E-state index in [1.165, 1.54) is 6.42 Å². The van der Waals surface area contributed by atoms with Gasteiger partial charge >= 0.3 is 0 Å². The normalized spacial score (nSPS) is 22.7. The first-order valence-electron chi connectivity index (χ1n) is 6.39. The molecule has 1 aliphatic rings. The summed E-state index contributed by atoms with van der Waals surface area (Å²) in [4.78, 5) is 4.43. The molecule has 0 radical (unpaired) electrons. The van der Waals surface area contributed by atoms with Gasteiger partial charge in [0.05, 0.1) is 11.0 Å². The number of aromatic nitrogens is 2. The van der Waals surface area contributed by atoms with Gasteiger partial charge in [-0.1, -0.05) is 25.4 Å². The second-order valence-electron chi connectivity index (χ2n) is 6.03. The third kappa shape index (κ3) is 1.87. The van der Waals surface area contributed by atoms with Crippen molar-refractivity contribution in [1.82, 2.24) is 9.55 Å². The number of hydrogen-bond donors (Lipinski definition) is 1. The molecule has 0 spiro atoms. The molecule has 2 N–H and O–H groups in total. The lowest BCUT2D eigenvalue weighted by atomic mass is 9.92. The third-order valence-corrected chi connectivity index (χ3v) is 4.22. The maximum absolute atomic E-state index is 6.08. The number of benzene rings is 1. The summed E-state index contributed by atoms with van der Waals surface area (Å²) in [5.41, 5.74) is 8.47. The highest BCUT2D eigenvalue weighted by Crippen LogP contribution is 2.45. The lowest BCUT2D eigenvalue weighted by Gasteiger charge is -2.19. The summed E-state index contributed by atoms with van der Waals surface area (Å²) in [5.74, 6) is 0.606. The molecule has 3 rings (SSSR count). The van der Waals surface area contributed by atoms with Crippen molar-refractivity contribution in [3.8, 4) is 0 Å². The summed E-state index contributed by atoms with van der Waals surface area (Å²) < 4.78 is 2.16. The van der Waals surface area contributed by atoms with E-state index in [1.54, 1.807) is 0 Å². The molecule has 0 saturated heterocycles. The average molecular weight is 264 g/mol. The first kappa shape index (κ1) is 11.8. The molecule has 96 valence electrons. The molecule has 1 heterocycles. The molecule has 2 aromatic rings. The average Bonchev–Trinajstić information content (AvgIpc) is 2.77. The van der Waals surface area contributed by atoms with Crippen molar-refractivity contribution in [1.29, 1.82) is 0 Å². The molecule has 1 aromatic heterocycles. The van der Waals surface area contributed by atoms with Gasteiger partial charge in [0.1, 0.15) is 0 Å². The van der Waals surface area contributed by atoms with E-state index in [0.717, 1.165) is 28.9 Å².